The van der Waals surface area contributed by atoms with E-state index in [0.29, 0.717) is 27.3 Å². The first kappa shape index (κ1) is 22.6. The molecule has 1 N–H and O–H groups in total. The van der Waals surface area contributed by atoms with Crippen molar-refractivity contribution in [2.45, 2.75) is 13.0 Å². The number of amides is 1. The third-order valence-corrected chi connectivity index (χ3v) is 6.71. The number of carbonyl (C=O) groups is 2. The summed E-state index contributed by atoms with van der Waals surface area (Å²) in [5.41, 5.74) is 0.666. The largest absolute Gasteiger partial charge is 0.503 e. The van der Waals surface area contributed by atoms with Gasteiger partial charge in [-0.2, -0.15) is 0 Å². The zero-order valence-corrected chi connectivity index (χ0v) is 19.7. The number of aryl methyl sites for hydroxylation is 1. The molecule has 0 aliphatic carbocycles. The number of rotatable bonds is 6. The second-order valence-corrected chi connectivity index (χ2v) is 8.78. The maximum atomic E-state index is 13.8. The molecule has 4 aromatic rings. The number of thiazole rings is 1. The molecular weight excluding hydrogens is 475 g/mol. The van der Waals surface area contributed by atoms with E-state index in [0.717, 1.165) is 11.3 Å². The lowest BCUT2D eigenvalue weighted by Crippen LogP contribution is -2.31. The predicted molar refractivity (Wildman–Crippen MR) is 127 cm³/mol. The number of furan rings is 1. The third kappa shape index (κ3) is 3.62. The standard InChI is InChI=1S/C25H19FN2O6S/c1-12-7-10-16(34-12)21(29)19-20(14-5-4-6-17(32-2)23(14)33-3)28(24(31)22(19)30)25-27-15-9-8-13(26)11-18(15)35-25/h4-11,20,30H,1-3H3/t20-/m0/s1. The number of aliphatic hydroxyl groups is 1. The molecule has 2 aromatic carbocycles. The van der Waals surface area contributed by atoms with Gasteiger partial charge in [0.05, 0.1) is 30.0 Å². The maximum absolute atomic E-state index is 13.8. The molecule has 2 aromatic heterocycles. The predicted octanol–water partition coefficient (Wildman–Crippen LogP) is 5.14. The molecule has 0 radical (unpaired) electrons. The van der Waals surface area contributed by atoms with E-state index in [4.69, 9.17) is 13.9 Å². The van der Waals surface area contributed by atoms with Crippen molar-refractivity contribution in [3.05, 3.63) is 82.8 Å². The highest BCUT2D eigenvalue weighted by Gasteiger charge is 2.47. The van der Waals surface area contributed by atoms with Gasteiger partial charge >= 0.3 is 0 Å². The van der Waals surface area contributed by atoms with Crippen LogP contribution in [0.4, 0.5) is 9.52 Å². The average molecular weight is 495 g/mol. The summed E-state index contributed by atoms with van der Waals surface area (Å²) in [6, 6.07) is 11.1. The molecule has 0 fully saturated rings. The first-order chi connectivity index (χ1) is 16.8. The number of hydrogen-bond acceptors (Lipinski definition) is 8. The van der Waals surface area contributed by atoms with Crippen molar-refractivity contribution in [2.75, 3.05) is 19.1 Å². The number of nitrogens with zero attached hydrogens (tertiary/aromatic N) is 2. The Balaban J connectivity index is 1.74. The number of benzene rings is 2. The normalized spacial score (nSPS) is 15.8. The van der Waals surface area contributed by atoms with Crippen LogP contribution in [0, 0.1) is 12.7 Å². The van der Waals surface area contributed by atoms with Crippen LogP contribution in [-0.2, 0) is 4.79 Å². The topological polar surface area (TPSA) is 102 Å². The fourth-order valence-corrected chi connectivity index (χ4v) is 5.15. The molecule has 1 aliphatic rings. The lowest BCUT2D eigenvalue weighted by molar-refractivity contribution is -0.117. The van der Waals surface area contributed by atoms with Crippen LogP contribution in [0.25, 0.3) is 10.2 Å². The molecule has 3 heterocycles. The van der Waals surface area contributed by atoms with Crippen molar-refractivity contribution in [1.82, 2.24) is 4.98 Å². The summed E-state index contributed by atoms with van der Waals surface area (Å²) < 4.78 is 30.8. The van der Waals surface area contributed by atoms with Crippen molar-refractivity contribution in [1.29, 1.82) is 0 Å². The van der Waals surface area contributed by atoms with E-state index < -0.39 is 29.3 Å². The number of aliphatic hydroxyl groups excluding tert-OH is 1. The number of halogens is 1. The monoisotopic (exact) mass is 494 g/mol. The van der Waals surface area contributed by atoms with Gasteiger partial charge in [0.2, 0.25) is 5.78 Å². The number of ketones is 1. The Morgan fingerprint density at radius 3 is 2.66 bits per heavy atom. The van der Waals surface area contributed by atoms with Gasteiger partial charge in [-0.15, -0.1) is 0 Å². The fraction of sp³-hybridized carbons (Fsp3) is 0.160. The zero-order valence-electron chi connectivity index (χ0n) is 18.9. The molecule has 178 valence electrons. The Morgan fingerprint density at radius 1 is 1.17 bits per heavy atom. The van der Waals surface area contributed by atoms with E-state index in [9.17, 15) is 19.1 Å². The smallest absolute Gasteiger partial charge is 0.296 e. The molecule has 10 heteroatoms. The van der Waals surface area contributed by atoms with Crippen molar-refractivity contribution in [3.63, 3.8) is 0 Å². The van der Waals surface area contributed by atoms with Gasteiger partial charge in [-0.05, 0) is 43.3 Å². The number of hydrogen-bond donors (Lipinski definition) is 1. The van der Waals surface area contributed by atoms with E-state index >= 15 is 0 Å². The van der Waals surface area contributed by atoms with Crippen LogP contribution < -0.4 is 14.4 Å². The molecule has 8 nitrogen and oxygen atoms in total. The number of ether oxygens (including phenoxy) is 2. The summed E-state index contributed by atoms with van der Waals surface area (Å²) in [6.07, 6.45) is 0. The van der Waals surface area contributed by atoms with Gasteiger partial charge < -0.3 is 19.0 Å². The van der Waals surface area contributed by atoms with E-state index in [2.05, 4.69) is 4.98 Å². The van der Waals surface area contributed by atoms with Gasteiger partial charge in [0.15, 0.2) is 28.1 Å². The molecule has 0 saturated heterocycles. The molecule has 0 spiro atoms. The second-order valence-electron chi connectivity index (χ2n) is 7.77. The summed E-state index contributed by atoms with van der Waals surface area (Å²) >= 11 is 1.06. The van der Waals surface area contributed by atoms with Crippen LogP contribution in [0.2, 0.25) is 0 Å². The Morgan fingerprint density at radius 2 is 1.97 bits per heavy atom. The molecule has 0 bridgehead atoms. The molecule has 0 unspecified atom stereocenters. The van der Waals surface area contributed by atoms with Crippen LogP contribution in [0.1, 0.15) is 27.9 Å². The average Bonchev–Trinajstić information content (AvgIpc) is 3.53. The Kier molecular flexibility index (Phi) is 5.52. The van der Waals surface area contributed by atoms with Crippen LogP contribution in [-0.4, -0.2) is 36.0 Å². The molecule has 1 atom stereocenters. The highest BCUT2D eigenvalue weighted by molar-refractivity contribution is 7.22. The molecule has 0 saturated carbocycles. The molecular formula is C25H19FN2O6S. The molecule has 35 heavy (non-hydrogen) atoms. The summed E-state index contributed by atoms with van der Waals surface area (Å²) in [7, 11) is 2.90. The highest BCUT2D eigenvalue weighted by Crippen LogP contribution is 2.48. The summed E-state index contributed by atoms with van der Waals surface area (Å²) in [4.78, 5) is 32.6. The molecule has 5 rings (SSSR count). The number of para-hydroxylation sites is 1. The first-order valence-corrected chi connectivity index (χ1v) is 11.3. The minimum atomic E-state index is -1.11. The van der Waals surface area contributed by atoms with Crippen molar-refractivity contribution in [2.24, 2.45) is 0 Å². The van der Waals surface area contributed by atoms with Crippen molar-refractivity contribution in [3.8, 4) is 11.5 Å². The van der Waals surface area contributed by atoms with Crippen molar-refractivity contribution < 1.29 is 33.0 Å². The SMILES string of the molecule is COc1cccc([C@H]2C(C(=O)c3ccc(C)o3)=C(O)C(=O)N2c2nc3ccc(F)cc3s2)c1OC. The number of anilines is 1. The Labute approximate surface area is 202 Å². The van der Waals surface area contributed by atoms with Crippen LogP contribution >= 0.6 is 11.3 Å². The quantitative estimate of drug-likeness (QED) is 0.371. The second kappa shape index (κ2) is 8.55. The van der Waals surface area contributed by atoms with E-state index in [1.807, 2.05) is 0 Å². The van der Waals surface area contributed by atoms with Gasteiger partial charge in [0.1, 0.15) is 17.6 Å². The summed E-state index contributed by atoms with van der Waals surface area (Å²) in [5.74, 6) is -1.55. The number of methoxy groups -OCH3 is 2. The number of Topliss-reactive ketones (excluding diaryl/α,β-unsaturated/α-hetero) is 1. The maximum Gasteiger partial charge on any atom is 0.296 e. The fourth-order valence-electron chi connectivity index (χ4n) is 4.13. The van der Waals surface area contributed by atoms with E-state index in [1.54, 1.807) is 31.2 Å². The first-order valence-electron chi connectivity index (χ1n) is 10.5. The number of fused-ring (bicyclic) bond motifs is 1. The van der Waals surface area contributed by atoms with Crippen LogP contribution in [0.15, 0.2) is 64.3 Å². The van der Waals surface area contributed by atoms with Crippen LogP contribution in [0.5, 0.6) is 11.5 Å². The van der Waals surface area contributed by atoms with Gasteiger partial charge in [0.25, 0.3) is 5.91 Å². The number of carbonyl (C=O) groups excluding carboxylic acids is 2. The van der Waals surface area contributed by atoms with Crippen LogP contribution in [0.3, 0.4) is 0 Å². The minimum Gasteiger partial charge on any atom is -0.503 e. The van der Waals surface area contributed by atoms with E-state index in [-0.39, 0.29) is 22.2 Å². The lowest BCUT2D eigenvalue weighted by Gasteiger charge is -2.26. The van der Waals surface area contributed by atoms with E-state index in [1.165, 1.54) is 43.4 Å². The Bertz CT molecular complexity index is 1520. The van der Waals surface area contributed by atoms with Gasteiger partial charge in [0, 0.05) is 5.56 Å². The Hall–Kier alpha value is -4.18. The molecule has 1 amide bonds. The van der Waals surface area contributed by atoms with Gasteiger partial charge in [-0.25, -0.2) is 9.37 Å². The minimum absolute atomic E-state index is 0.0306. The zero-order chi connectivity index (χ0) is 24.9. The third-order valence-electron chi connectivity index (χ3n) is 5.69. The van der Waals surface area contributed by atoms with Gasteiger partial charge in [-0.3, -0.25) is 14.5 Å². The van der Waals surface area contributed by atoms with Crippen molar-refractivity contribution >= 4 is 38.4 Å². The molecule has 1 aliphatic heterocycles. The summed E-state index contributed by atoms with van der Waals surface area (Å²) in [6.45, 7) is 1.68. The highest BCUT2D eigenvalue weighted by atomic mass is 32.1. The summed E-state index contributed by atoms with van der Waals surface area (Å²) in [5, 5.41) is 11.1. The lowest BCUT2D eigenvalue weighted by atomic mass is 9.94. The number of aromatic nitrogens is 1. The van der Waals surface area contributed by atoms with Gasteiger partial charge in [-0.1, -0.05) is 23.5 Å².